The highest BCUT2D eigenvalue weighted by atomic mass is 35.5. The molecule has 0 radical (unpaired) electrons. The van der Waals surface area contributed by atoms with Gasteiger partial charge in [-0.05, 0) is 37.1 Å². The number of benzene rings is 1. The Kier molecular flexibility index (Phi) is 6.00. The Morgan fingerprint density at radius 1 is 1.20 bits per heavy atom. The third-order valence-electron chi connectivity index (χ3n) is 5.31. The summed E-state index contributed by atoms with van der Waals surface area (Å²) in [5.41, 5.74) is 2.75. The molecule has 30 heavy (non-hydrogen) atoms. The molecular formula is C23H28ClN3O2Si. The Hall–Kier alpha value is -2.15. The summed E-state index contributed by atoms with van der Waals surface area (Å²) >= 11 is 6.47. The molecule has 1 aliphatic rings. The molecular weight excluding hydrogens is 414 g/mol. The second-order valence-electron chi connectivity index (χ2n) is 9.17. The van der Waals surface area contributed by atoms with Crippen molar-refractivity contribution in [3.8, 4) is 11.1 Å². The molecule has 5 nitrogen and oxygen atoms in total. The van der Waals surface area contributed by atoms with Gasteiger partial charge in [-0.25, -0.2) is 4.98 Å². The average molecular weight is 442 g/mol. The molecule has 0 bridgehead atoms. The number of rotatable bonds is 8. The molecule has 4 rings (SSSR count). The minimum atomic E-state index is -1.15. The van der Waals surface area contributed by atoms with Gasteiger partial charge >= 0.3 is 0 Å². The zero-order chi connectivity index (χ0) is 21.3. The van der Waals surface area contributed by atoms with E-state index in [1.165, 1.54) is 0 Å². The zero-order valence-corrected chi connectivity index (χ0v) is 19.5. The molecule has 0 spiro atoms. The SMILES string of the molecule is C[Si](C)(C)CCOCn1cc(-c2ccccc2Cl)c2ccc(NC(=O)C3CC3)nc21. The van der Waals surface area contributed by atoms with Gasteiger partial charge in [0.05, 0.1) is 0 Å². The first-order chi connectivity index (χ1) is 14.3. The Balaban J connectivity index is 1.66. The Bertz CT molecular complexity index is 1070. The molecule has 1 aromatic carbocycles. The van der Waals surface area contributed by atoms with Crippen molar-refractivity contribution in [3.05, 3.63) is 47.6 Å². The fraction of sp³-hybridized carbons (Fsp3) is 0.391. The van der Waals surface area contributed by atoms with Crippen LogP contribution in [0.1, 0.15) is 12.8 Å². The minimum absolute atomic E-state index is 0.0534. The number of nitrogens with zero attached hydrogens (tertiary/aromatic N) is 2. The molecule has 1 N–H and O–H groups in total. The first kappa shape index (κ1) is 21.1. The van der Waals surface area contributed by atoms with Gasteiger partial charge in [0, 0.05) is 48.3 Å². The van der Waals surface area contributed by atoms with Crippen LogP contribution in [0.25, 0.3) is 22.2 Å². The van der Waals surface area contributed by atoms with E-state index >= 15 is 0 Å². The first-order valence-corrected chi connectivity index (χ1v) is 14.5. The van der Waals surface area contributed by atoms with Crippen LogP contribution in [0.15, 0.2) is 42.6 Å². The van der Waals surface area contributed by atoms with Crippen molar-refractivity contribution in [2.24, 2.45) is 5.92 Å². The molecule has 1 aliphatic carbocycles. The van der Waals surface area contributed by atoms with Crippen molar-refractivity contribution in [3.63, 3.8) is 0 Å². The van der Waals surface area contributed by atoms with Crippen molar-refractivity contribution < 1.29 is 9.53 Å². The third kappa shape index (κ3) is 4.94. The fourth-order valence-corrected chi connectivity index (χ4v) is 4.34. The molecule has 3 aromatic rings. The topological polar surface area (TPSA) is 56.1 Å². The summed E-state index contributed by atoms with van der Waals surface area (Å²) in [6.07, 6.45) is 3.97. The van der Waals surface area contributed by atoms with Gasteiger partial charge in [-0.15, -0.1) is 0 Å². The predicted molar refractivity (Wildman–Crippen MR) is 126 cm³/mol. The molecule has 2 aromatic heterocycles. The van der Waals surface area contributed by atoms with Crippen molar-refractivity contribution in [2.45, 2.75) is 45.3 Å². The van der Waals surface area contributed by atoms with E-state index in [2.05, 4.69) is 25.0 Å². The number of carbonyl (C=O) groups is 1. The van der Waals surface area contributed by atoms with Crippen LogP contribution in [0.2, 0.25) is 30.7 Å². The van der Waals surface area contributed by atoms with Crippen LogP contribution in [0.5, 0.6) is 0 Å². The van der Waals surface area contributed by atoms with Crippen LogP contribution in [-0.2, 0) is 16.3 Å². The van der Waals surface area contributed by atoms with Gasteiger partial charge in [0.2, 0.25) is 5.91 Å². The molecule has 0 saturated heterocycles. The lowest BCUT2D eigenvalue weighted by Gasteiger charge is -2.15. The normalized spacial score (nSPS) is 14.3. The fourth-order valence-electron chi connectivity index (χ4n) is 3.34. The van der Waals surface area contributed by atoms with E-state index in [1.54, 1.807) is 0 Å². The maximum Gasteiger partial charge on any atom is 0.228 e. The summed E-state index contributed by atoms with van der Waals surface area (Å²) in [5.74, 6) is 0.766. The number of anilines is 1. The Morgan fingerprint density at radius 2 is 1.97 bits per heavy atom. The summed E-state index contributed by atoms with van der Waals surface area (Å²) in [6.45, 7) is 8.17. The van der Waals surface area contributed by atoms with E-state index in [4.69, 9.17) is 21.3 Å². The minimum Gasteiger partial charge on any atom is -0.361 e. The van der Waals surface area contributed by atoms with Crippen LogP contribution in [0.3, 0.4) is 0 Å². The zero-order valence-electron chi connectivity index (χ0n) is 17.7. The molecule has 0 atom stereocenters. The highest BCUT2D eigenvalue weighted by Gasteiger charge is 2.30. The van der Waals surface area contributed by atoms with Gasteiger partial charge < -0.3 is 14.6 Å². The van der Waals surface area contributed by atoms with Gasteiger partial charge in [0.1, 0.15) is 18.2 Å². The molecule has 1 fully saturated rings. The Labute approximate surface area is 183 Å². The third-order valence-corrected chi connectivity index (χ3v) is 7.35. The molecule has 1 amide bonds. The molecule has 0 aliphatic heterocycles. The van der Waals surface area contributed by atoms with Gasteiger partial charge in [0.15, 0.2) is 0 Å². The number of fused-ring (bicyclic) bond motifs is 1. The van der Waals surface area contributed by atoms with E-state index < -0.39 is 8.07 Å². The number of halogens is 1. The summed E-state index contributed by atoms with van der Waals surface area (Å²) in [6, 6.07) is 12.8. The van der Waals surface area contributed by atoms with E-state index in [1.807, 2.05) is 47.2 Å². The number of amides is 1. The smallest absolute Gasteiger partial charge is 0.228 e. The first-order valence-electron chi connectivity index (χ1n) is 10.5. The van der Waals surface area contributed by atoms with Crippen LogP contribution >= 0.6 is 11.6 Å². The van der Waals surface area contributed by atoms with Gasteiger partial charge in [0.25, 0.3) is 0 Å². The van der Waals surface area contributed by atoms with Crippen molar-refractivity contribution in [1.82, 2.24) is 9.55 Å². The highest BCUT2D eigenvalue weighted by molar-refractivity contribution is 6.76. The monoisotopic (exact) mass is 441 g/mol. The lowest BCUT2D eigenvalue weighted by atomic mass is 10.1. The molecule has 7 heteroatoms. The van der Waals surface area contributed by atoms with Gasteiger partial charge in [-0.3, -0.25) is 4.79 Å². The average Bonchev–Trinajstić information content (AvgIpc) is 3.48. The van der Waals surface area contributed by atoms with Crippen molar-refractivity contribution in [2.75, 3.05) is 11.9 Å². The van der Waals surface area contributed by atoms with E-state index in [-0.39, 0.29) is 11.8 Å². The molecule has 2 heterocycles. The van der Waals surface area contributed by atoms with Gasteiger partial charge in [-0.2, -0.15) is 0 Å². The summed E-state index contributed by atoms with van der Waals surface area (Å²) < 4.78 is 7.99. The summed E-state index contributed by atoms with van der Waals surface area (Å²) in [4.78, 5) is 16.9. The maximum absolute atomic E-state index is 12.2. The highest BCUT2D eigenvalue weighted by Crippen LogP contribution is 2.35. The lowest BCUT2D eigenvalue weighted by Crippen LogP contribution is -2.22. The number of pyridine rings is 1. The second-order valence-corrected chi connectivity index (χ2v) is 15.2. The standard InChI is InChI=1S/C23H28ClN3O2Si/c1-30(2,3)13-12-29-15-27-14-19(17-6-4-5-7-20(17)24)18-10-11-21(25-22(18)27)26-23(28)16-8-9-16/h4-7,10-11,14,16H,8-9,12-13,15H2,1-3H3,(H,25,26,28). The number of hydrogen-bond acceptors (Lipinski definition) is 3. The van der Waals surface area contributed by atoms with Crippen LogP contribution in [-0.4, -0.2) is 30.1 Å². The van der Waals surface area contributed by atoms with E-state index in [0.717, 1.165) is 47.7 Å². The number of aromatic nitrogens is 2. The molecule has 0 unspecified atom stereocenters. The number of hydrogen-bond donors (Lipinski definition) is 1. The summed E-state index contributed by atoms with van der Waals surface area (Å²) in [7, 11) is -1.15. The van der Waals surface area contributed by atoms with Crippen LogP contribution < -0.4 is 5.32 Å². The quantitative estimate of drug-likeness (QED) is 0.343. The van der Waals surface area contributed by atoms with Gasteiger partial charge in [-0.1, -0.05) is 49.4 Å². The maximum atomic E-state index is 12.2. The number of ether oxygens (including phenoxy) is 1. The van der Waals surface area contributed by atoms with E-state index in [9.17, 15) is 4.79 Å². The second kappa shape index (κ2) is 8.53. The molecule has 1 saturated carbocycles. The number of carbonyl (C=O) groups excluding carboxylic acids is 1. The largest absolute Gasteiger partial charge is 0.361 e. The number of nitrogens with one attached hydrogen (secondary N) is 1. The lowest BCUT2D eigenvalue weighted by molar-refractivity contribution is -0.117. The van der Waals surface area contributed by atoms with E-state index in [0.29, 0.717) is 17.6 Å². The van der Waals surface area contributed by atoms with Crippen molar-refractivity contribution >= 4 is 42.4 Å². The summed E-state index contributed by atoms with van der Waals surface area (Å²) in [5, 5.41) is 4.63. The molecule has 158 valence electrons. The predicted octanol–water partition coefficient (Wildman–Crippen LogP) is 6.02. The Morgan fingerprint density at radius 3 is 2.67 bits per heavy atom. The van der Waals surface area contributed by atoms with Crippen LogP contribution in [0, 0.1) is 5.92 Å². The van der Waals surface area contributed by atoms with Crippen LogP contribution in [0.4, 0.5) is 5.82 Å². The van der Waals surface area contributed by atoms with Crippen molar-refractivity contribution in [1.29, 1.82) is 0 Å².